The molecule has 0 radical (unpaired) electrons. The molecule has 0 bridgehead atoms. The van der Waals surface area contributed by atoms with Crippen LogP contribution >= 0.6 is 0 Å². The highest BCUT2D eigenvalue weighted by Gasteiger charge is 2.35. The van der Waals surface area contributed by atoms with Crippen LogP contribution in [0.1, 0.15) is 36.2 Å². The van der Waals surface area contributed by atoms with Crippen LogP contribution in [0, 0.1) is 5.92 Å². The minimum absolute atomic E-state index is 0.00965. The number of carboxylic acid groups (broad SMARTS) is 1. The van der Waals surface area contributed by atoms with E-state index in [0.717, 1.165) is 6.07 Å². The van der Waals surface area contributed by atoms with Crippen LogP contribution in [0.4, 0.5) is 35.0 Å². The number of halogens is 3. The third-order valence-electron chi connectivity index (χ3n) is 4.85. The van der Waals surface area contributed by atoms with E-state index in [4.69, 9.17) is 5.11 Å². The lowest BCUT2D eigenvalue weighted by Crippen LogP contribution is -2.21. The van der Waals surface area contributed by atoms with Gasteiger partial charge in [0, 0.05) is 17.8 Å². The molecule has 2 amide bonds. The summed E-state index contributed by atoms with van der Waals surface area (Å²) in [7, 11) is 0. The van der Waals surface area contributed by atoms with Crippen molar-refractivity contribution in [3.8, 4) is 5.69 Å². The second-order valence-corrected chi connectivity index (χ2v) is 8.18. The molecule has 4 N–H and O–H groups in total. The van der Waals surface area contributed by atoms with Gasteiger partial charge in [-0.25, -0.2) is 14.5 Å². The molecular weight excluding hydrogens is 481 g/mol. The zero-order valence-corrected chi connectivity index (χ0v) is 19.3. The van der Waals surface area contributed by atoms with Crippen LogP contribution < -0.4 is 16.0 Å². The van der Waals surface area contributed by atoms with E-state index in [1.807, 2.05) is 5.32 Å². The minimum atomic E-state index is -4.79. The highest BCUT2D eigenvalue weighted by Crippen LogP contribution is 2.40. The molecule has 0 unspecified atom stereocenters. The number of hydrogen-bond donors (Lipinski definition) is 4. The summed E-state index contributed by atoms with van der Waals surface area (Å²) in [6.45, 7) is 3.79. The first kappa shape index (κ1) is 26.2. The molecule has 2 aromatic carbocycles. The van der Waals surface area contributed by atoms with Crippen molar-refractivity contribution in [2.24, 2.45) is 5.92 Å². The number of hydrogen-bond acceptors (Lipinski definition) is 6. The SMILES string of the molecule is CC(C)CNc1cc(NC(=O)O)c(NC(=O)CC(=O)c2cccc(-n3cncn3)c2)cc1C(F)(F)F. The minimum Gasteiger partial charge on any atom is -0.465 e. The molecule has 10 nitrogen and oxygen atoms in total. The monoisotopic (exact) mass is 504 g/mol. The van der Waals surface area contributed by atoms with Crippen LogP contribution in [-0.2, 0) is 11.0 Å². The third-order valence-corrected chi connectivity index (χ3v) is 4.85. The number of rotatable bonds is 9. The summed E-state index contributed by atoms with van der Waals surface area (Å²) in [6.07, 6.45) is -4.30. The molecular formula is C23H23F3N6O4. The van der Waals surface area contributed by atoms with E-state index in [-0.39, 0.29) is 29.4 Å². The second kappa shape index (κ2) is 10.9. The van der Waals surface area contributed by atoms with Crippen molar-refractivity contribution < 1.29 is 32.7 Å². The molecule has 13 heteroatoms. The summed E-state index contributed by atoms with van der Waals surface area (Å²) in [4.78, 5) is 40.3. The van der Waals surface area contributed by atoms with Crippen LogP contribution in [0.15, 0.2) is 49.1 Å². The Hall–Kier alpha value is -4.42. The summed E-state index contributed by atoms with van der Waals surface area (Å²) in [5.41, 5.74) is -1.47. The Bertz CT molecular complexity index is 1260. The molecule has 36 heavy (non-hydrogen) atoms. The van der Waals surface area contributed by atoms with Crippen molar-refractivity contribution in [3.63, 3.8) is 0 Å². The van der Waals surface area contributed by atoms with E-state index in [1.54, 1.807) is 26.0 Å². The van der Waals surface area contributed by atoms with E-state index in [2.05, 4.69) is 20.7 Å². The zero-order valence-electron chi connectivity index (χ0n) is 19.3. The number of amides is 2. The predicted molar refractivity (Wildman–Crippen MR) is 125 cm³/mol. The normalized spacial score (nSPS) is 11.3. The van der Waals surface area contributed by atoms with Crippen LogP contribution in [0.2, 0.25) is 0 Å². The van der Waals surface area contributed by atoms with Gasteiger partial charge in [-0.3, -0.25) is 14.9 Å². The molecule has 0 saturated heterocycles. The Kier molecular flexibility index (Phi) is 7.92. The maximum atomic E-state index is 13.7. The Morgan fingerprint density at radius 2 is 1.78 bits per heavy atom. The van der Waals surface area contributed by atoms with Crippen molar-refractivity contribution in [3.05, 3.63) is 60.2 Å². The molecule has 0 aliphatic heterocycles. The number of alkyl halides is 3. The van der Waals surface area contributed by atoms with Crippen molar-refractivity contribution in [1.29, 1.82) is 0 Å². The molecule has 3 rings (SSSR count). The molecule has 1 aromatic heterocycles. The molecule has 190 valence electrons. The first-order valence-corrected chi connectivity index (χ1v) is 10.7. The van der Waals surface area contributed by atoms with Crippen LogP contribution in [0.5, 0.6) is 0 Å². The fourth-order valence-corrected chi connectivity index (χ4v) is 3.22. The number of anilines is 3. The quantitative estimate of drug-likeness (QED) is 0.246. The Morgan fingerprint density at radius 1 is 1.06 bits per heavy atom. The fraction of sp³-hybridized carbons (Fsp3) is 0.261. The summed E-state index contributed by atoms with van der Waals surface area (Å²) in [5, 5.41) is 20.0. The lowest BCUT2D eigenvalue weighted by molar-refractivity contribution is -0.137. The van der Waals surface area contributed by atoms with Crippen molar-refractivity contribution >= 4 is 34.8 Å². The van der Waals surface area contributed by atoms with E-state index < -0.39 is 41.6 Å². The maximum absolute atomic E-state index is 13.7. The van der Waals surface area contributed by atoms with Gasteiger partial charge in [0.1, 0.15) is 12.7 Å². The topological polar surface area (TPSA) is 138 Å². The molecule has 0 atom stereocenters. The molecule has 0 aliphatic rings. The first-order chi connectivity index (χ1) is 16.9. The number of aromatic nitrogens is 3. The van der Waals surface area contributed by atoms with Crippen molar-refractivity contribution in [2.75, 3.05) is 22.5 Å². The molecule has 0 spiro atoms. The molecule has 1 heterocycles. The number of carbonyl (C=O) groups excluding carboxylic acids is 2. The zero-order chi connectivity index (χ0) is 26.5. The van der Waals surface area contributed by atoms with E-state index >= 15 is 0 Å². The van der Waals surface area contributed by atoms with Gasteiger partial charge in [-0.05, 0) is 30.2 Å². The number of carbonyl (C=O) groups is 3. The standard InChI is InChI=1S/C23H23F3N6O4/c1-13(2)10-28-17-8-19(31-22(35)36)18(7-16(17)23(24,25)26)30-21(34)9-20(33)14-4-3-5-15(6-14)32-12-27-11-29-32/h3-8,11-13,28,31H,9-10H2,1-2H3,(H,30,34)(H,35,36). The van der Waals surface area contributed by atoms with Gasteiger partial charge in [0.05, 0.1) is 29.0 Å². The van der Waals surface area contributed by atoms with Gasteiger partial charge < -0.3 is 15.7 Å². The first-order valence-electron chi connectivity index (χ1n) is 10.7. The van der Waals surface area contributed by atoms with Gasteiger partial charge >= 0.3 is 12.3 Å². The molecule has 0 aliphatic carbocycles. The fourth-order valence-electron chi connectivity index (χ4n) is 3.22. The number of ketones is 1. The van der Waals surface area contributed by atoms with E-state index in [1.165, 1.54) is 29.5 Å². The smallest absolute Gasteiger partial charge is 0.418 e. The lowest BCUT2D eigenvalue weighted by Gasteiger charge is -2.20. The summed E-state index contributed by atoms with van der Waals surface area (Å²) in [5.74, 6) is -1.51. The van der Waals surface area contributed by atoms with E-state index in [9.17, 15) is 27.6 Å². The number of nitrogens with one attached hydrogen (secondary N) is 3. The van der Waals surface area contributed by atoms with Gasteiger partial charge in [-0.15, -0.1) is 0 Å². The Balaban J connectivity index is 1.85. The van der Waals surface area contributed by atoms with Gasteiger partial charge in [0.2, 0.25) is 5.91 Å². The number of Topliss-reactive ketones (excluding diaryl/α,β-unsaturated/α-hetero) is 1. The Labute approximate surface area is 203 Å². The summed E-state index contributed by atoms with van der Waals surface area (Å²) in [6, 6.07) is 7.79. The molecule has 3 aromatic rings. The number of nitrogens with zero attached hydrogens (tertiary/aromatic N) is 3. The third kappa shape index (κ3) is 6.81. The average Bonchev–Trinajstić information content (AvgIpc) is 3.33. The summed E-state index contributed by atoms with van der Waals surface area (Å²) < 4.78 is 42.6. The highest BCUT2D eigenvalue weighted by atomic mass is 19.4. The van der Waals surface area contributed by atoms with Gasteiger partial charge in [0.25, 0.3) is 0 Å². The van der Waals surface area contributed by atoms with Crippen molar-refractivity contribution in [1.82, 2.24) is 14.8 Å². The van der Waals surface area contributed by atoms with Gasteiger partial charge in [0.15, 0.2) is 5.78 Å². The Morgan fingerprint density at radius 3 is 2.39 bits per heavy atom. The maximum Gasteiger partial charge on any atom is 0.418 e. The lowest BCUT2D eigenvalue weighted by atomic mass is 10.1. The van der Waals surface area contributed by atoms with Crippen molar-refractivity contribution in [2.45, 2.75) is 26.4 Å². The van der Waals surface area contributed by atoms with Crippen LogP contribution in [0.3, 0.4) is 0 Å². The van der Waals surface area contributed by atoms with Gasteiger partial charge in [-0.1, -0.05) is 26.0 Å². The second-order valence-electron chi connectivity index (χ2n) is 8.18. The summed E-state index contributed by atoms with van der Waals surface area (Å²) >= 11 is 0. The van der Waals surface area contributed by atoms with Gasteiger partial charge in [-0.2, -0.15) is 18.3 Å². The van der Waals surface area contributed by atoms with Crippen LogP contribution in [-0.4, -0.2) is 44.2 Å². The largest absolute Gasteiger partial charge is 0.465 e. The van der Waals surface area contributed by atoms with Crippen LogP contribution in [0.25, 0.3) is 5.69 Å². The highest BCUT2D eigenvalue weighted by molar-refractivity contribution is 6.12. The number of benzene rings is 2. The predicted octanol–water partition coefficient (Wildman–Crippen LogP) is 4.66. The molecule has 0 fully saturated rings. The van der Waals surface area contributed by atoms with E-state index in [0.29, 0.717) is 11.8 Å². The average molecular weight is 504 g/mol. The molecule has 0 saturated carbocycles.